The summed E-state index contributed by atoms with van der Waals surface area (Å²) >= 11 is 0. The van der Waals surface area contributed by atoms with Crippen molar-refractivity contribution in [2.45, 2.75) is 6.61 Å². The Morgan fingerprint density at radius 3 is 2.89 bits per heavy atom. The lowest BCUT2D eigenvalue weighted by atomic mass is 10.0. The van der Waals surface area contributed by atoms with Crippen LogP contribution < -0.4 is 0 Å². The predicted octanol–water partition coefficient (Wildman–Crippen LogP) is 4.45. The molecule has 1 heterocycles. The largest absolute Gasteiger partial charge is 0.496 e. The summed E-state index contributed by atoms with van der Waals surface area (Å²) in [5.41, 5.74) is 5.18. The van der Waals surface area contributed by atoms with E-state index in [4.69, 9.17) is 4.74 Å². The number of benzene rings is 1. The fourth-order valence-corrected chi connectivity index (χ4v) is 2.77. The minimum absolute atomic E-state index is 0.654. The number of hydrogen-bond donors (Lipinski definition) is 0. The molecule has 86 valence electrons. The molecule has 0 radical (unpaired) electrons. The van der Waals surface area contributed by atoms with Gasteiger partial charge in [-0.25, -0.2) is 0 Å². The topological polar surface area (TPSA) is 9.23 Å². The van der Waals surface area contributed by atoms with Crippen molar-refractivity contribution >= 4 is 16.8 Å². The molecule has 2 aliphatic carbocycles. The number of ether oxygens (including phenoxy) is 1. The summed E-state index contributed by atoms with van der Waals surface area (Å²) in [6.45, 7) is 0.654. The first kappa shape index (κ1) is 9.72. The van der Waals surface area contributed by atoms with E-state index in [1.807, 2.05) is 0 Å². The van der Waals surface area contributed by atoms with Crippen LogP contribution in [0.1, 0.15) is 11.1 Å². The molecule has 1 aromatic rings. The van der Waals surface area contributed by atoms with E-state index in [2.05, 4.69) is 54.6 Å². The number of rotatable bonds is 0. The Balaban J connectivity index is 2.27. The van der Waals surface area contributed by atoms with E-state index in [1.165, 1.54) is 33.0 Å². The molecular formula is C17H12O. The monoisotopic (exact) mass is 232 g/mol. The van der Waals surface area contributed by atoms with Gasteiger partial charge in [0.1, 0.15) is 6.61 Å². The van der Waals surface area contributed by atoms with Crippen molar-refractivity contribution in [3.8, 4) is 11.1 Å². The smallest absolute Gasteiger partial charge is 0.114 e. The van der Waals surface area contributed by atoms with Crippen molar-refractivity contribution in [3.63, 3.8) is 0 Å². The van der Waals surface area contributed by atoms with Gasteiger partial charge in [0.15, 0.2) is 0 Å². The molecule has 0 spiro atoms. The molecule has 18 heavy (non-hydrogen) atoms. The maximum absolute atomic E-state index is 5.49. The summed E-state index contributed by atoms with van der Waals surface area (Å²) in [6, 6.07) is 17.2. The van der Waals surface area contributed by atoms with E-state index >= 15 is 0 Å². The summed E-state index contributed by atoms with van der Waals surface area (Å²) in [7, 11) is 0. The standard InChI is InChI=1S/C17H12O/c1-2-6-15-12(4-1)10-13-5-3-7-14(13)16-8-9-18-11-17(15)16/h1-10H,11H2. The molecule has 3 aliphatic rings. The second kappa shape index (κ2) is 3.61. The highest BCUT2D eigenvalue weighted by Gasteiger charge is 2.15. The Morgan fingerprint density at radius 1 is 0.944 bits per heavy atom. The summed E-state index contributed by atoms with van der Waals surface area (Å²) < 4.78 is 5.49. The first-order valence-electron chi connectivity index (χ1n) is 6.15. The average Bonchev–Trinajstić information content (AvgIpc) is 2.83. The maximum atomic E-state index is 5.49. The Hall–Kier alpha value is -2.28. The minimum Gasteiger partial charge on any atom is -0.496 e. The Kier molecular flexibility index (Phi) is 1.95. The summed E-state index contributed by atoms with van der Waals surface area (Å²) in [4.78, 5) is 0. The van der Waals surface area contributed by atoms with Gasteiger partial charge < -0.3 is 4.74 Å². The van der Waals surface area contributed by atoms with E-state index in [0.717, 1.165) is 0 Å². The van der Waals surface area contributed by atoms with Gasteiger partial charge in [-0.15, -0.1) is 0 Å². The molecule has 1 aromatic carbocycles. The Bertz CT molecular complexity index is 740. The van der Waals surface area contributed by atoms with Gasteiger partial charge in [-0.2, -0.15) is 0 Å². The molecule has 0 aromatic heterocycles. The maximum Gasteiger partial charge on any atom is 0.114 e. The zero-order chi connectivity index (χ0) is 11.9. The second-order valence-corrected chi connectivity index (χ2v) is 4.63. The predicted molar refractivity (Wildman–Crippen MR) is 74.4 cm³/mol. The zero-order valence-electron chi connectivity index (χ0n) is 9.89. The Labute approximate surface area is 106 Å². The molecule has 0 unspecified atom stereocenters. The van der Waals surface area contributed by atoms with Crippen LogP contribution >= 0.6 is 0 Å². The lowest BCUT2D eigenvalue weighted by molar-refractivity contribution is 0.236. The molecule has 0 saturated heterocycles. The van der Waals surface area contributed by atoms with Crippen LogP contribution in [0.4, 0.5) is 0 Å². The second-order valence-electron chi connectivity index (χ2n) is 4.63. The first-order valence-corrected chi connectivity index (χ1v) is 6.15. The van der Waals surface area contributed by atoms with Crippen molar-refractivity contribution in [2.24, 2.45) is 0 Å². The third-order valence-electron chi connectivity index (χ3n) is 3.62. The fourth-order valence-electron chi connectivity index (χ4n) is 2.77. The van der Waals surface area contributed by atoms with E-state index in [1.54, 1.807) is 6.26 Å². The lowest BCUT2D eigenvalue weighted by Crippen LogP contribution is -1.96. The quantitative estimate of drug-likeness (QED) is 0.556. The molecule has 0 atom stereocenters. The highest BCUT2D eigenvalue weighted by atomic mass is 16.5. The van der Waals surface area contributed by atoms with Crippen molar-refractivity contribution in [1.29, 1.82) is 0 Å². The molecule has 0 bridgehead atoms. The van der Waals surface area contributed by atoms with Crippen LogP contribution in [-0.2, 0) is 11.3 Å². The third kappa shape index (κ3) is 1.28. The van der Waals surface area contributed by atoms with Crippen LogP contribution in [0.15, 0.2) is 54.8 Å². The van der Waals surface area contributed by atoms with E-state index in [0.29, 0.717) is 6.61 Å². The number of hydrogen-bond acceptors (Lipinski definition) is 1. The van der Waals surface area contributed by atoms with Crippen LogP contribution in [0, 0.1) is 0 Å². The molecule has 0 amide bonds. The molecule has 1 nitrogen and oxygen atoms in total. The highest BCUT2D eigenvalue weighted by molar-refractivity contribution is 5.95. The zero-order valence-corrected chi connectivity index (χ0v) is 9.89. The fraction of sp³-hybridized carbons (Fsp3) is 0.0588. The summed E-state index contributed by atoms with van der Waals surface area (Å²) in [6.07, 6.45) is 3.87. The molecule has 4 rings (SSSR count). The average molecular weight is 232 g/mol. The Morgan fingerprint density at radius 2 is 1.89 bits per heavy atom. The van der Waals surface area contributed by atoms with Gasteiger partial charge >= 0.3 is 0 Å². The van der Waals surface area contributed by atoms with Gasteiger partial charge in [-0.3, -0.25) is 0 Å². The molecule has 0 saturated carbocycles. The van der Waals surface area contributed by atoms with Crippen molar-refractivity contribution in [1.82, 2.24) is 0 Å². The van der Waals surface area contributed by atoms with Crippen molar-refractivity contribution < 1.29 is 4.74 Å². The lowest BCUT2D eigenvalue weighted by Gasteiger charge is -2.12. The van der Waals surface area contributed by atoms with Crippen LogP contribution in [0.2, 0.25) is 0 Å². The van der Waals surface area contributed by atoms with Crippen LogP contribution in [0.3, 0.4) is 0 Å². The molecule has 1 aliphatic heterocycles. The van der Waals surface area contributed by atoms with Crippen molar-refractivity contribution in [3.05, 3.63) is 65.9 Å². The normalized spacial score (nSPS) is 13.6. The van der Waals surface area contributed by atoms with Gasteiger partial charge in [0.25, 0.3) is 0 Å². The van der Waals surface area contributed by atoms with Crippen LogP contribution in [0.25, 0.3) is 28.0 Å². The van der Waals surface area contributed by atoms with E-state index < -0.39 is 0 Å². The van der Waals surface area contributed by atoms with E-state index in [-0.39, 0.29) is 0 Å². The van der Waals surface area contributed by atoms with Gasteiger partial charge in [-0.05, 0) is 39.6 Å². The van der Waals surface area contributed by atoms with Gasteiger partial charge in [0.05, 0.1) is 6.26 Å². The first-order chi connectivity index (χ1) is 8.93. The molecule has 0 fully saturated rings. The molecule has 0 N–H and O–H groups in total. The number of fused-ring (bicyclic) bond motifs is 5. The highest BCUT2D eigenvalue weighted by Crippen LogP contribution is 2.36. The summed E-state index contributed by atoms with van der Waals surface area (Å²) in [5, 5.41) is 2.56. The van der Waals surface area contributed by atoms with Gasteiger partial charge in [0, 0.05) is 5.56 Å². The molecular weight excluding hydrogens is 220 g/mol. The van der Waals surface area contributed by atoms with Crippen LogP contribution in [-0.4, -0.2) is 0 Å². The minimum atomic E-state index is 0.654. The molecule has 1 heteroatoms. The van der Waals surface area contributed by atoms with Crippen LogP contribution in [0.5, 0.6) is 0 Å². The SMILES string of the molecule is C1=Cc2c3cccc-3cc3ccccc3c2CO1. The third-order valence-corrected chi connectivity index (χ3v) is 3.62. The van der Waals surface area contributed by atoms with E-state index in [9.17, 15) is 0 Å². The summed E-state index contributed by atoms with van der Waals surface area (Å²) in [5.74, 6) is 0. The van der Waals surface area contributed by atoms with Gasteiger partial charge in [0.2, 0.25) is 0 Å². The van der Waals surface area contributed by atoms with Crippen molar-refractivity contribution in [2.75, 3.05) is 0 Å². The van der Waals surface area contributed by atoms with Gasteiger partial charge in [-0.1, -0.05) is 42.5 Å².